The number of sulfonamides is 1. The second-order valence-corrected chi connectivity index (χ2v) is 7.11. The van der Waals surface area contributed by atoms with Crippen LogP contribution in [0.4, 0.5) is 0 Å². The molecule has 1 aliphatic heterocycles. The Hall–Kier alpha value is -1.42. The Balaban J connectivity index is 2.20. The average Bonchev–Trinajstić information content (AvgIpc) is 2.43. The molecule has 1 N–H and O–H groups in total. The van der Waals surface area contributed by atoms with E-state index in [4.69, 9.17) is 5.26 Å². The van der Waals surface area contributed by atoms with Gasteiger partial charge in [0.2, 0.25) is 10.0 Å². The van der Waals surface area contributed by atoms with E-state index in [-0.39, 0.29) is 23.8 Å². The molecule has 2 unspecified atom stereocenters. The van der Waals surface area contributed by atoms with Gasteiger partial charge in [-0.1, -0.05) is 19.1 Å². The highest BCUT2D eigenvalue weighted by atomic mass is 32.2. The summed E-state index contributed by atoms with van der Waals surface area (Å²) < 4.78 is 26.2. The van der Waals surface area contributed by atoms with Gasteiger partial charge in [0, 0.05) is 13.1 Å². The summed E-state index contributed by atoms with van der Waals surface area (Å²) in [6.45, 7) is 2.50. The lowest BCUT2D eigenvalue weighted by atomic mass is 9.98. The van der Waals surface area contributed by atoms with E-state index >= 15 is 0 Å². The van der Waals surface area contributed by atoms with Crippen molar-refractivity contribution in [2.24, 2.45) is 5.92 Å². The van der Waals surface area contributed by atoms with Gasteiger partial charge in [-0.15, -0.1) is 0 Å². The first-order valence-electron chi connectivity index (χ1n) is 6.59. The molecule has 0 radical (unpaired) electrons. The van der Waals surface area contributed by atoms with E-state index in [1.807, 2.05) is 13.0 Å². The van der Waals surface area contributed by atoms with Crippen molar-refractivity contribution in [3.63, 3.8) is 0 Å². The van der Waals surface area contributed by atoms with Crippen molar-refractivity contribution >= 4 is 10.0 Å². The quantitative estimate of drug-likeness (QED) is 0.906. The molecule has 1 aliphatic rings. The highest BCUT2D eigenvalue weighted by molar-refractivity contribution is 7.89. The Morgan fingerprint density at radius 3 is 2.60 bits per heavy atom. The number of rotatable bonds is 3. The predicted molar refractivity (Wildman–Crippen MR) is 74.3 cm³/mol. The largest absolute Gasteiger partial charge is 0.391 e. The predicted octanol–water partition coefficient (Wildman–Crippen LogP) is 1.14. The highest BCUT2D eigenvalue weighted by Crippen LogP contribution is 2.24. The first-order chi connectivity index (χ1) is 9.45. The van der Waals surface area contributed by atoms with Gasteiger partial charge in [-0.3, -0.25) is 0 Å². The third-order valence-electron chi connectivity index (χ3n) is 3.73. The van der Waals surface area contributed by atoms with Crippen LogP contribution >= 0.6 is 0 Å². The molecule has 1 saturated heterocycles. The van der Waals surface area contributed by atoms with Crippen molar-refractivity contribution in [3.05, 3.63) is 29.8 Å². The first-order valence-corrected chi connectivity index (χ1v) is 8.03. The van der Waals surface area contributed by atoms with E-state index in [0.29, 0.717) is 13.0 Å². The van der Waals surface area contributed by atoms with Crippen molar-refractivity contribution in [1.82, 2.24) is 4.31 Å². The van der Waals surface area contributed by atoms with Crippen molar-refractivity contribution in [2.45, 2.75) is 30.8 Å². The van der Waals surface area contributed by atoms with Crippen LogP contribution in [-0.4, -0.2) is 37.0 Å². The standard InChI is InChI=1S/C14H18N2O3S/c1-11-7-9-16(10-14(11)17)20(18,19)13-4-2-12(3-5-13)6-8-15/h2-5,11,14,17H,6-7,9-10H2,1H3. The van der Waals surface area contributed by atoms with E-state index in [1.54, 1.807) is 12.1 Å². The van der Waals surface area contributed by atoms with E-state index in [9.17, 15) is 13.5 Å². The van der Waals surface area contributed by atoms with Gasteiger partial charge in [0.1, 0.15) is 0 Å². The van der Waals surface area contributed by atoms with Gasteiger partial charge in [0.15, 0.2) is 0 Å². The molecule has 2 atom stereocenters. The molecular weight excluding hydrogens is 276 g/mol. The number of hydrogen-bond acceptors (Lipinski definition) is 4. The normalized spacial score (nSPS) is 24.2. The van der Waals surface area contributed by atoms with Crippen LogP contribution in [0, 0.1) is 17.2 Å². The second kappa shape index (κ2) is 5.92. The summed E-state index contributed by atoms with van der Waals surface area (Å²) in [5.74, 6) is 0.124. The summed E-state index contributed by atoms with van der Waals surface area (Å²) in [6.07, 6.45) is 0.309. The van der Waals surface area contributed by atoms with E-state index in [0.717, 1.165) is 5.56 Å². The molecule has 0 aliphatic carbocycles. The Kier molecular flexibility index (Phi) is 4.43. The van der Waals surface area contributed by atoms with E-state index < -0.39 is 16.1 Å². The molecule has 1 heterocycles. The molecule has 0 bridgehead atoms. The molecule has 1 fully saturated rings. The molecule has 0 aromatic heterocycles. The third kappa shape index (κ3) is 3.01. The van der Waals surface area contributed by atoms with Crippen molar-refractivity contribution in [3.8, 4) is 6.07 Å². The summed E-state index contributed by atoms with van der Waals surface area (Å²) in [5.41, 5.74) is 0.791. The van der Waals surface area contributed by atoms with E-state index in [1.165, 1.54) is 16.4 Å². The molecule has 20 heavy (non-hydrogen) atoms. The summed E-state index contributed by atoms with van der Waals surface area (Å²) in [7, 11) is -3.56. The summed E-state index contributed by atoms with van der Waals surface area (Å²) in [5, 5.41) is 18.4. The summed E-state index contributed by atoms with van der Waals surface area (Å²) >= 11 is 0. The molecule has 0 saturated carbocycles. The SMILES string of the molecule is CC1CCN(S(=O)(=O)c2ccc(CC#N)cc2)CC1O. The Bertz CT molecular complexity index is 604. The monoisotopic (exact) mass is 294 g/mol. The zero-order chi connectivity index (χ0) is 14.8. The molecule has 6 heteroatoms. The number of benzene rings is 1. The maximum absolute atomic E-state index is 12.5. The fourth-order valence-electron chi connectivity index (χ4n) is 2.26. The van der Waals surface area contributed by atoms with Crippen LogP contribution in [0.15, 0.2) is 29.2 Å². The molecule has 1 aromatic carbocycles. The number of nitrogens with zero attached hydrogens (tertiary/aromatic N) is 2. The smallest absolute Gasteiger partial charge is 0.243 e. The van der Waals surface area contributed by atoms with Gasteiger partial charge in [-0.05, 0) is 30.0 Å². The number of hydrogen-bond donors (Lipinski definition) is 1. The zero-order valence-corrected chi connectivity index (χ0v) is 12.2. The minimum atomic E-state index is -3.56. The molecule has 5 nitrogen and oxygen atoms in total. The van der Waals surface area contributed by atoms with Crippen LogP contribution < -0.4 is 0 Å². The minimum absolute atomic E-state index is 0.124. The lowest BCUT2D eigenvalue weighted by Crippen LogP contribution is -2.45. The fourth-order valence-corrected chi connectivity index (χ4v) is 3.73. The maximum atomic E-state index is 12.5. The van der Waals surface area contributed by atoms with Crippen molar-refractivity contribution in [1.29, 1.82) is 5.26 Å². The van der Waals surface area contributed by atoms with Gasteiger partial charge < -0.3 is 5.11 Å². The van der Waals surface area contributed by atoms with Gasteiger partial charge in [0.25, 0.3) is 0 Å². The highest BCUT2D eigenvalue weighted by Gasteiger charge is 2.32. The summed E-state index contributed by atoms with van der Waals surface area (Å²) in [4.78, 5) is 0.209. The van der Waals surface area contributed by atoms with Crippen LogP contribution in [0.2, 0.25) is 0 Å². The Labute approximate surface area is 119 Å². The van der Waals surface area contributed by atoms with Crippen LogP contribution in [0.5, 0.6) is 0 Å². The van der Waals surface area contributed by atoms with Gasteiger partial charge in [-0.25, -0.2) is 8.42 Å². The average molecular weight is 294 g/mol. The topological polar surface area (TPSA) is 81.4 Å². The third-order valence-corrected chi connectivity index (χ3v) is 5.61. The summed E-state index contributed by atoms with van der Waals surface area (Å²) in [6, 6.07) is 8.37. The molecule has 108 valence electrons. The van der Waals surface area contributed by atoms with Crippen molar-refractivity contribution in [2.75, 3.05) is 13.1 Å². The first kappa shape index (κ1) is 15.0. The van der Waals surface area contributed by atoms with E-state index in [2.05, 4.69) is 0 Å². The molecule has 0 amide bonds. The zero-order valence-electron chi connectivity index (χ0n) is 11.4. The fraction of sp³-hybridized carbons (Fsp3) is 0.500. The number of aliphatic hydroxyl groups is 1. The van der Waals surface area contributed by atoms with Gasteiger partial charge in [0.05, 0.1) is 23.5 Å². The maximum Gasteiger partial charge on any atom is 0.243 e. The molecule has 1 aromatic rings. The lowest BCUT2D eigenvalue weighted by molar-refractivity contribution is 0.0605. The van der Waals surface area contributed by atoms with Crippen LogP contribution in [0.1, 0.15) is 18.9 Å². The number of β-amino-alcohol motifs (C(OH)–C–C–N with tert-alkyl or cyclic N) is 1. The molecule has 0 spiro atoms. The number of nitriles is 1. The lowest BCUT2D eigenvalue weighted by Gasteiger charge is -2.33. The van der Waals surface area contributed by atoms with Gasteiger partial charge in [-0.2, -0.15) is 9.57 Å². The molecular formula is C14H18N2O3S. The number of piperidine rings is 1. The minimum Gasteiger partial charge on any atom is -0.391 e. The molecule has 2 rings (SSSR count). The number of aliphatic hydroxyl groups excluding tert-OH is 1. The van der Waals surface area contributed by atoms with Gasteiger partial charge >= 0.3 is 0 Å². The Morgan fingerprint density at radius 1 is 1.40 bits per heavy atom. The van der Waals surface area contributed by atoms with Crippen LogP contribution in [0.25, 0.3) is 0 Å². The Morgan fingerprint density at radius 2 is 2.05 bits per heavy atom. The second-order valence-electron chi connectivity index (χ2n) is 5.18. The van der Waals surface area contributed by atoms with Crippen LogP contribution in [0.3, 0.4) is 0 Å². The van der Waals surface area contributed by atoms with Crippen molar-refractivity contribution < 1.29 is 13.5 Å². The van der Waals surface area contributed by atoms with Crippen LogP contribution in [-0.2, 0) is 16.4 Å².